The molecule has 5 heterocycles. The number of para-hydroxylation sites is 2. The lowest BCUT2D eigenvalue weighted by molar-refractivity contribution is -0.131. The summed E-state index contributed by atoms with van der Waals surface area (Å²) in [5.41, 5.74) is 3.21. The second-order valence-corrected chi connectivity index (χ2v) is 13.4. The maximum atomic E-state index is 13.1. The van der Waals surface area contributed by atoms with Crippen LogP contribution in [0.15, 0.2) is 102 Å². The molecular formula is C41H41F4N9O7. The molecule has 20 heteroatoms. The highest BCUT2D eigenvalue weighted by Crippen LogP contribution is 2.25. The quantitative estimate of drug-likeness (QED) is 0.122. The largest absolute Gasteiger partial charge is 0.415 e. The SMILES string of the molecule is O=C(CNC(=O)C(F)F)c1ccc(CN(C(=O)N2CCOCC2)c2ccccc2)nc1.O=C(N1CCOCC1)N(Cc1ccc(-c2nnc(C(F)F)o2)cn1)c1ccccc1. The standard InChI is InChI=1S/C21H22F2N4O4.C20H19F2N5O3/c22-19(23)20(29)25-13-18(28)15-6-7-16(24-12-15)14-27(17-4-2-1-3-5-17)21(30)26-8-10-31-11-9-26;21-17(22)19-25-24-18(30-19)14-6-7-15(23-12-14)13-27(16-4-2-1-3-5-16)20(28)26-8-10-29-11-9-26/h1-7,12,19H,8-11,13-14H2,(H,25,29);1-7,12,17H,8-11,13H2. The molecule has 320 valence electrons. The van der Waals surface area contributed by atoms with Crippen LogP contribution in [0.3, 0.4) is 0 Å². The van der Waals surface area contributed by atoms with E-state index in [1.54, 1.807) is 37.8 Å². The number of morpholine rings is 2. The molecule has 5 aromatic rings. The van der Waals surface area contributed by atoms with Crippen molar-refractivity contribution in [2.24, 2.45) is 0 Å². The topological polar surface area (TPSA) is 176 Å². The highest BCUT2D eigenvalue weighted by Gasteiger charge is 2.27. The van der Waals surface area contributed by atoms with E-state index < -0.39 is 37.0 Å². The summed E-state index contributed by atoms with van der Waals surface area (Å²) in [6.07, 6.45) is -3.25. The number of halogens is 4. The number of anilines is 2. The maximum Gasteiger partial charge on any atom is 0.325 e. The van der Waals surface area contributed by atoms with E-state index in [2.05, 4.69) is 20.2 Å². The number of hydrogen-bond acceptors (Lipinski definition) is 11. The molecule has 0 atom stereocenters. The van der Waals surface area contributed by atoms with E-state index in [0.717, 1.165) is 5.69 Å². The van der Waals surface area contributed by atoms with Crippen molar-refractivity contribution in [3.05, 3.63) is 120 Å². The molecule has 5 amide bonds. The van der Waals surface area contributed by atoms with Crippen LogP contribution in [-0.4, -0.2) is 119 Å². The van der Waals surface area contributed by atoms with Crippen LogP contribution >= 0.6 is 0 Å². The van der Waals surface area contributed by atoms with E-state index in [1.165, 1.54) is 18.5 Å². The Balaban J connectivity index is 0.000000204. The van der Waals surface area contributed by atoms with Gasteiger partial charge in [0.2, 0.25) is 5.89 Å². The Bertz CT molecular complexity index is 2190. The minimum atomic E-state index is -3.18. The van der Waals surface area contributed by atoms with Crippen molar-refractivity contribution < 1.29 is 50.6 Å². The van der Waals surface area contributed by atoms with Crippen LogP contribution in [0.5, 0.6) is 0 Å². The molecule has 2 saturated heterocycles. The van der Waals surface area contributed by atoms with E-state index >= 15 is 0 Å². The van der Waals surface area contributed by atoms with Crippen molar-refractivity contribution in [3.8, 4) is 11.5 Å². The smallest absolute Gasteiger partial charge is 0.325 e. The number of Topliss-reactive ketones (excluding diaryl/α,β-unsaturated/α-hetero) is 1. The fraction of sp³-hybridized carbons (Fsp3) is 0.317. The summed E-state index contributed by atoms with van der Waals surface area (Å²) in [5.74, 6) is -2.82. The van der Waals surface area contributed by atoms with Crippen molar-refractivity contribution in [1.82, 2.24) is 35.3 Å². The third-order valence-corrected chi connectivity index (χ3v) is 9.27. The van der Waals surface area contributed by atoms with Crippen LogP contribution in [-0.2, 0) is 27.4 Å². The van der Waals surface area contributed by atoms with E-state index in [-0.39, 0.29) is 36.6 Å². The summed E-state index contributed by atoms with van der Waals surface area (Å²) in [5, 5.41) is 8.80. The van der Waals surface area contributed by atoms with E-state index in [9.17, 15) is 36.7 Å². The molecule has 7 rings (SSSR count). The van der Waals surface area contributed by atoms with Crippen molar-refractivity contribution >= 4 is 35.1 Å². The second kappa shape index (κ2) is 21.5. The second-order valence-electron chi connectivity index (χ2n) is 13.4. The average Bonchev–Trinajstić information content (AvgIpc) is 3.82. The monoisotopic (exact) mass is 847 g/mol. The molecule has 0 unspecified atom stereocenters. The van der Waals surface area contributed by atoms with Gasteiger partial charge in [0.15, 0.2) is 5.78 Å². The van der Waals surface area contributed by atoms with Crippen LogP contribution in [0.25, 0.3) is 11.5 Å². The van der Waals surface area contributed by atoms with Crippen molar-refractivity contribution in [1.29, 1.82) is 0 Å². The first-order valence-electron chi connectivity index (χ1n) is 19.1. The normalized spacial score (nSPS) is 13.9. The van der Waals surface area contributed by atoms with Gasteiger partial charge in [-0.3, -0.25) is 29.4 Å². The molecule has 1 N–H and O–H groups in total. The van der Waals surface area contributed by atoms with Gasteiger partial charge in [-0.2, -0.15) is 17.6 Å². The summed E-state index contributed by atoms with van der Waals surface area (Å²) in [6.45, 7) is 3.88. The van der Waals surface area contributed by atoms with Crippen LogP contribution in [0.4, 0.5) is 38.5 Å². The zero-order valence-electron chi connectivity index (χ0n) is 32.6. The van der Waals surface area contributed by atoms with E-state index in [1.807, 2.05) is 66.0 Å². The van der Waals surface area contributed by atoms with Gasteiger partial charge in [0, 0.05) is 55.5 Å². The third kappa shape index (κ3) is 12.1. The Morgan fingerprint density at radius 3 is 1.59 bits per heavy atom. The van der Waals surface area contributed by atoms with Gasteiger partial charge in [-0.15, -0.1) is 10.2 Å². The first-order valence-corrected chi connectivity index (χ1v) is 19.1. The lowest BCUT2D eigenvalue weighted by atomic mass is 10.1. The number of amides is 5. The molecular weight excluding hydrogens is 806 g/mol. The molecule has 16 nitrogen and oxygen atoms in total. The molecule has 0 radical (unpaired) electrons. The fourth-order valence-electron chi connectivity index (χ4n) is 6.04. The number of rotatable bonds is 12. The Kier molecular flexibility index (Phi) is 15.4. The Labute approximate surface area is 347 Å². The number of hydrogen-bond donors (Lipinski definition) is 1. The number of nitrogens with zero attached hydrogens (tertiary/aromatic N) is 8. The fourth-order valence-corrected chi connectivity index (χ4v) is 6.04. The van der Waals surface area contributed by atoms with Gasteiger partial charge in [-0.25, -0.2) is 9.59 Å². The minimum Gasteiger partial charge on any atom is -0.415 e. The number of benzene rings is 2. The van der Waals surface area contributed by atoms with Crippen LogP contribution in [0.1, 0.15) is 34.1 Å². The zero-order chi connectivity index (χ0) is 43.1. The summed E-state index contributed by atoms with van der Waals surface area (Å²) in [6, 6.07) is 24.6. The van der Waals surface area contributed by atoms with Gasteiger partial charge < -0.3 is 29.0 Å². The number of carbonyl (C=O) groups excluding carboxylic acids is 4. The molecule has 2 aromatic carbocycles. The molecule has 0 spiro atoms. The summed E-state index contributed by atoms with van der Waals surface area (Å²) in [7, 11) is 0. The summed E-state index contributed by atoms with van der Waals surface area (Å²) >= 11 is 0. The van der Waals surface area contributed by atoms with Crippen LogP contribution in [0, 0.1) is 0 Å². The van der Waals surface area contributed by atoms with E-state index in [4.69, 9.17) is 13.9 Å². The number of ether oxygens (including phenoxy) is 2. The third-order valence-electron chi connectivity index (χ3n) is 9.27. The molecule has 2 aliphatic heterocycles. The molecule has 0 aliphatic carbocycles. The lowest BCUT2D eigenvalue weighted by Gasteiger charge is -2.33. The van der Waals surface area contributed by atoms with Gasteiger partial charge in [0.25, 0.3) is 11.8 Å². The number of pyridine rings is 2. The number of nitrogens with one attached hydrogen (secondary N) is 1. The number of ketones is 1. The molecule has 2 aliphatic rings. The minimum absolute atomic E-state index is 0.0336. The van der Waals surface area contributed by atoms with Gasteiger partial charge in [0.05, 0.1) is 63.0 Å². The highest BCUT2D eigenvalue weighted by atomic mass is 19.3. The lowest BCUT2D eigenvalue weighted by Crippen LogP contribution is -2.48. The molecule has 3 aromatic heterocycles. The van der Waals surface area contributed by atoms with Gasteiger partial charge in [-0.1, -0.05) is 36.4 Å². The maximum absolute atomic E-state index is 13.1. The summed E-state index contributed by atoms with van der Waals surface area (Å²) in [4.78, 5) is 64.5. The first kappa shape index (κ1) is 43.8. The highest BCUT2D eigenvalue weighted by molar-refractivity contribution is 5.99. The molecule has 61 heavy (non-hydrogen) atoms. The molecule has 0 bridgehead atoms. The number of aromatic nitrogens is 4. The van der Waals surface area contributed by atoms with Gasteiger partial charge in [0.1, 0.15) is 0 Å². The van der Waals surface area contributed by atoms with Crippen molar-refractivity contribution in [2.75, 3.05) is 69.0 Å². The van der Waals surface area contributed by atoms with Crippen molar-refractivity contribution in [2.45, 2.75) is 25.9 Å². The average molecular weight is 848 g/mol. The Hall–Kier alpha value is -6.80. The number of carbonyl (C=O) groups is 4. The predicted octanol–water partition coefficient (Wildman–Crippen LogP) is 5.63. The molecule has 2 fully saturated rings. The van der Waals surface area contributed by atoms with Gasteiger partial charge in [-0.05, 0) is 48.5 Å². The summed E-state index contributed by atoms with van der Waals surface area (Å²) < 4.78 is 65.3. The Morgan fingerprint density at radius 1 is 0.656 bits per heavy atom. The number of alkyl halides is 4. The predicted molar refractivity (Wildman–Crippen MR) is 211 cm³/mol. The van der Waals surface area contributed by atoms with Crippen LogP contribution in [0.2, 0.25) is 0 Å². The van der Waals surface area contributed by atoms with Crippen molar-refractivity contribution in [3.63, 3.8) is 0 Å². The first-order chi connectivity index (χ1) is 29.6. The zero-order valence-corrected chi connectivity index (χ0v) is 32.6. The Morgan fingerprint density at radius 2 is 1.16 bits per heavy atom. The molecule has 0 saturated carbocycles. The van der Waals surface area contributed by atoms with Gasteiger partial charge >= 0.3 is 24.9 Å². The van der Waals surface area contributed by atoms with Crippen LogP contribution < -0.4 is 15.1 Å². The van der Waals surface area contributed by atoms with E-state index in [0.29, 0.717) is 75.2 Å². The number of urea groups is 2.